The molecule has 2 N–H and O–H groups in total. The van der Waals surface area contributed by atoms with Gasteiger partial charge in [0.1, 0.15) is 19.0 Å². The topological polar surface area (TPSA) is 70.5 Å². The predicted molar refractivity (Wildman–Crippen MR) is 65.6 cm³/mol. The summed E-state index contributed by atoms with van der Waals surface area (Å²) in [6.45, 7) is 3.38. The van der Waals surface area contributed by atoms with E-state index in [2.05, 4.69) is 4.98 Å². The van der Waals surface area contributed by atoms with Gasteiger partial charge in [0.25, 0.3) is 0 Å². The van der Waals surface area contributed by atoms with Crippen LogP contribution in [-0.4, -0.2) is 18.2 Å². The summed E-state index contributed by atoms with van der Waals surface area (Å²) in [6, 6.07) is 5.64. The van der Waals surface area contributed by atoms with Crippen LogP contribution >= 0.6 is 0 Å². The van der Waals surface area contributed by atoms with Gasteiger partial charge in [0.2, 0.25) is 5.89 Å². The van der Waals surface area contributed by atoms with Gasteiger partial charge < -0.3 is 19.6 Å². The van der Waals surface area contributed by atoms with Crippen molar-refractivity contribution in [1.29, 1.82) is 0 Å². The van der Waals surface area contributed by atoms with Crippen LogP contribution in [0.5, 0.6) is 11.5 Å². The number of aryl methyl sites for hydroxylation is 1. The van der Waals surface area contributed by atoms with Crippen molar-refractivity contribution < 1.29 is 13.9 Å². The van der Waals surface area contributed by atoms with E-state index in [0.717, 1.165) is 28.5 Å². The molecule has 18 heavy (non-hydrogen) atoms. The maximum Gasteiger partial charge on any atom is 0.226 e. The smallest absolute Gasteiger partial charge is 0.226 e. The molecule has 1 aliphatic heterocycles. The average molecular weight is 246 g/mol. The molecule has 94 valence electrons. The standard InChI is InChI=1S/C13H14N2O3/c1-8-10(7-14)15-13(18-8)9-2-3-11-12(6-9)17-5-4-16-11/h2-3,6H,4-5,7,14H2,1H3. The lowest BCUT2D eigenvalue weighted by atomic mass is 10.2. The van der Waals surface area contributed by atoms with Gasteiger partial charge >= 0.3 is 0 Å². The van der Waals surface area contributed by atoms with Crippen LogP contribution in [-0.2, 0) is 6.54 Å². The van der Waals surface area contributed by atoms with Crippen LogP contribution in [0.1, 0.15) is 11.5 Å². The van der Waals surface area contributed by atoms with E-state index in [9.17, 15) is 0 Å². The fourth-order valence-electron chi connectivity index (χ4n) is 1.92. The van der Waals surface area contributed by atoms with Crippen molar-refractivity contribution in [1.82, 2.24) is 4.98 Å². The first-order valence-corrected chi connectivity index (χ1v) is 5.84. The SMILES string of the molecule is Cc1oc(-c2ccc3c(c2)OCCO3)nc1CN. The van der Waals surface area contributed by atoms with Gasteiger partial charge in [-0.2, -0.15) is 0 Å². The number of fused-ring (bicyclic) bond motifs is 1. The Morgan fingerprint density at radius 1 is 1.22 bits per heavy atom. The number of nitrogens with zero attached hydrogens (tertiary/aromatic N) is 1. The molecule has 0 amide bonds. The van der Waals surface area contributed by atoms with E-state index in [1.807, 2.05) is 25.1 Å². The molecule has 5 nitrogen and oxygen atoms in total. The molecule has 0 fully saturated rings. The number of rotatable bonds is 2. The molecule has 0 spiro atoms. The van der Waals surface area contributed by atoms with E-state index in [0.29, 0.717) is 25.6 Å². The summed E-state index contributed by atoms with van der Waals surface area (Å²) in [5, 5.41) is 0. The van der Waals surface area contributed by atoms with Crippen molar-refractivity contribution >= 4 is 0 Å². The quantitative estimate of drug-likeness (QED) is 0.876. The lowest BCUT2D eigenvalue weighted by molar-refractivity contribution is 0.171. The fraction of sp³-hybridized carbons (Fsp3) is 0.308. The molecular formula is C13H14N2O3. The van der Waals surface area contributed by atoms with Gasteiger partial charge in [-0.1, -0.05) is 0 Å². The van der Waals surface area contributed by atoms with Gasteiger partial charge in [-0.05, 0) is 25.1 Å². The van der Waals surface area contributed by atoms with E-state index in [-0.39, 0.29) is 0 Å². The zero-order chi connectivity index (χ0) is 12.5. The lowest BCUT2D eigenvalue weighted by Crippen LogP contribution is -2.15. The zero-order valence-corrected chi connectivity index (χ0v) is 10.1. The Labute approximate surface area is 105 Å². The van der Waals surface area contributed by atoms with Gasteiger partial charge in [0, 0.05) is 12.1 Å². The molecule has 5 heteroatoms. The highest BCUT2D eigenvalue weighted by Crippen LogP contribution is 2.34. The third-order valence-corrected chi connectivity index (χ3v) is 2.88. The first kappa shape index (κ1) is 11.1. The monoisotopic (exact) mass is 246 g/mol. The first-order chi connectivity index (χ1) is 8.78. The number of hydrogen-bond acceptors (Lipinski definition) is 5. The van der Waals surface area contributed by atoms with Gasteiger partial charge in [-0.25, -0.2) is 4.98 Å². The van der Waals surface area contributed by atoms with Crippen LogP contribution in [0.15, 0.2) is 22.6 Å². The second kappa shape index (κ2) is 4.34. The Morgan fingerprint density at radius 2 is 2.00 bits per heavy atom. The van der Waals surface area contributed by atoms with Crippen LogP contribution in [0.25, 0.3) is 11.5 Å². The molecule has 2 heterocycles. The summed E-state index contributed by atoms with van der Waals surface area (Å²) in [7, 11) is 0. The van der Waals surface area contributed by atoms with Crippen LogP contribution < -0.4 is 15.2 Å². The summed E-state index contributed by atoms with van der Waals surface area (Å²) in [5.41, 5.74) is 7.23. The third-order valence-electron chi connectivity index (χ3n) is 2.88. The Morgan fingerprint density at radius 3 is 2.72 bits per heavy atom. The number of benzene rings is 1. The van der Waals surface area contributed by atoms with E-state index in [1.165, 1.54) is 0 Å². The number of aromatic nitrogens is 1. The van der Waals surface area contributed by atoms with Crippen molar-refractivity contribution in [3.05, 3.63) is 29.7 Å². The minimum absolute atomic E-state index is 0.375. The number of oxazole rings is 1. The van der Waals surface area contributed by atoms with Crippen LogP contribution in [0.3, 0.4) is 0 Å². The Balaban J connectivity index is 2.00. The molecule has 2 aromatic rings. The van der Waals surface area contributed by atoms with Crippen LogP contribution in [0.2, 0.25) is 0 Å². The minimum atomic E-state index is 0.375. The van der Waals surface area contributed by atoms with Crippen LogP contribution in [0.4, 0.5) is 0 Å². The predicted octanol–water partition coefficient (Wildman–Crippen LogP) is 1.88. The molecular weight excluding hydrogens is 232 g/mol. The Bertz CT molecular complexity index is 578. The summed E-state index contributed by atoms with van der Waals surface area (Å²) in [5.74, 6) is 2.79. The van der Waals surface area contributed by atoms with Crippen molar-refractivity contribution in [2.75, 3.05) is 13.2 Å². The molecule has 0 radical (unpaired) electrons. The third kappa shape index (κ3) is 1.82. The van der Waals surface area contributed by atoms with E-state index in [1.54, 1.807) is 0 Å². The first-order valence-electron chi connectivity index (χ1n) is 5.84. The number of ether oxygens (including phenoxy) is 2. The molecule has 1 aromatic heterocycles. The summed E-state index contributed by atoms with van der Waals surface area (Å²) < 4.78 is 16.6. The normalized spacial score (nSPS) is 13.7. The molecule has 1 aliphatic rings. The minimum Gasteiger partial charge on any atom is -0.486 e. The zero-order valence-electron chi connectivity index (χ0n) is 10.1. The number of hydrogen-bond donors (Lipinski definition) is 1. The number of nitrogens with two attached hydrogens (primary N) is 1. The van der Waals surface area contributed by atoms with E-state index >= 15 is 0 Å². The Hall–Kier alpha value is -2.01. The maximum atomic E-state index is 5.60. The molecule has 0 bridgehead atoms. The molecule has 1 aromatic carbocycles. The molecule has 3 rings (SSSR count). The van der Waals surface area contributed by atoms with Gasteiger partial charge in [0.05, 0.1) is 5.69 Å². The second-order valence-electron chi connectivity index (χ2n) is 4.08. The van der Waals surface area contributed by atoms with Crippen molar-refractivity contribution in [2.45, 2.75) is 13.5 Å². The molecule has 0 saturated heterocycles. The summed E-state index contributed by atoms with van der Waals surface area (Å²) in [4.78, 5) is 4.36. The largest absolute Gasteiger partial charge is 0.486 e. The fourth-order valence-corrected chi connectivity index (χ4v) is 1.92. The van der Waals surface area contributed by atoms with Gasteiger partial charge in [0.15, 0.2) is 11.5 Å². The van der Waals surface area contributed by atoms with E-state index in [4.69, 9.17) is 19.6 Å². The highest BCUT2D eigenvalue weighted by molar-refractivity contribution is 5.60. The highest BCUT2D eigenvalue weighted by Gasteiger charge is 2.15. The van der Waals surface area contributed by atoms with Crippen molar-refractivity contribution in [3.8, 4) is 23.0 Å². The van der Waals surface area contributed by atoms with Gasteiger partial charge in [-0.3, -0.25) is 0 Å². The van der Waals surface area contributed by atoms with E-state index < -0.39 is 0 Å². The molecule has 0 aliphatic carbocycles. The Kier molecular flexibility index (Phi) is 2.68. The van der Waals surface area contributed by atoms with Crippen LogP contribution in [0, 0.1) is 6.92 Å². The molecule has 0 unspecified atom stereocenters. The maximum absolute atomic E-state index is 5.60. The molecule has 0 atom stereocenters. The van der Waals surface area contributed by atoms with Crippen molar-refractivity contribution in [3.63, 3.8) is 0 Å². The van der Waals surface area contributed by atoms with Gasteiger partial charge in [-0.15, -0.1) is 0 Å². The summed E-state index contributed by atoms with van der Waals surface area (Å²) in [6.07, 6.45) is 0. The van der Waals surface area contributed by atoms with Crippen molar-refractivity contribution in [2.24, 2.45) is 5.73 Å². The average Bonchev–Trinajstić information content (AvgIpc) is 2.79. The highest BCUT2D eigenvalue weighted by atomic mass is 16.6. The lowest BCUT2D eigenvalue weighted by Gasteiger charge is -2.18. The second-order valence-corrected chi connectivity index (χ2v) is 4.08. The molecule has 0 saturated carbocycles. The summed E-state index contributed by atoms with van der Waals surface area (Å²) >= 11 is 0.